The summed E-state index contributed by atoms with van der Waals surface area (Å²) in [6.45, 7) is 0.906. The first-order valence-electron chi connectivity index (χ1n) is 5.50. The Morgan fingerprint density at radius 1 is 1.24 bits per heavy atom. The lowest BCUT2D eigenvalue weighted by atomic mass is 10.1. The highest BCUT2D eigenvalue weighted by molar-refractivity contribution is 5.42. The van der Waals surface area contributed by atoms with Crippen LogP contribution in [0.4, 0.5) is 0 Å². The molecule has 0 aliphatic carbocycles. The molecule has 17 heavy (non-hydrogen) atoms. The Kier molecular flexibility index (Phi) is 5.20. The molecule has 0 fully saturated rings. The van der Waals surface area contributed by atoms with Gasteiger partial charge in [-0.05, 0) is 24.1 Å². The molecule has 0 atom stereocenters. The lowest BCUT2D eigenvalue weighted by molar-refractivity contribution is 0.354. The molecule has 0 spiro atoms. The number of hydrogen-bond donors (Lipinski definition) is 1. The lowest BCUT2D eigenvalue weighted by Gasteiger charge is -2.14. The van der Waals surface area contributed by atoms with Gasteiger partial charge in [-0.1, -0.05) is 6.07 Å². The normalized spacial score (nSPS) is 10.5. The second-order valence-corrected chi connectivity index (χ2v) is 3.76. The van der Waals surface area contributed by atoms with Gasteiger partial charge in [0, 0.05) is 26.0 Å². The van der Waals surface area contributed by atoms with Crippen LogP contribution in [0.5, 0.6) is 11.5 Å². The Balaban J connectivity index is 2.66. The fraction of sp³-hybridized carbons (Fsp3) is 0.385. The van der Waals surface area contributed by atoms with E-state index in [0.717, 1.165) is 24.5 Å². The summed E-state index contributed by atoms with van der Waals surface area (Å²) in [5.41, 5.74) is 6.53. The Morgan fingerprint density at radius 2 is 1.94 bits per heavy atom. The van der Waals surface area contributed by atoms with Crippen molar-refractivity contribution >= 4 is 0 Å². The zero-order valence-electron chi connectivity index (χ0n) is 10.6. The minimum atomic E-state index is 0.756. The molecule has 1 rings (SSSR count). The van der Waals surface area contributed by atoms with E-state index in [0.29, 0.717) is 0 Å². The zero-order chi connectivity index (χ0) is 12.7. The molecule has 0 heterocycles. The fourth-order valence-corrected chi connectivity index (χ4v) is 1.56. The van der Waals surface area contributed by atoms with Gasteiger partial charge in [0.25, 0.3) is 0 Å². The number of benzene rings is 1. The molecule has 0 radical (unpaired) electrons. The van der Waals surface area contributed by atoms with Crippen LogP contribution in [0.2, 0.25) is 0 Å². The van der Waals surface area contributed by atoms with Gasteiger partial charge in [-0.3, -0.25) is 0 Å². The summed E-state index contributed by atoms with van der Waals surface area (Å²) in [5, 5.41) is 0. The summed E-state index contributed by atoms with van der Waals surface area (Å²) in [7, 11) is 5.27. The van der Waals surface area contributed by atoms with Gasteiger partial charge < -0.3 is 20.1 Å². The van der Waals surface area contributed by atoms with Crippen molar-refractivity contribution in [2.24, 2.45) is 5.73 Å². The molecule has 1 aromatic carbocycles. The first-order chi connectivity index (χ1) is 8.21. The summed E-state index contributed by atoms with van der Waals surface area (Å²) >= 11 is 0. The van der Waals surface area contributed by atoms with E-state index in [-0.39, 0.29) is 0 Å². The molecule has 2 N–H and O–H groups in total. The summed E-state index contributed by atoms with van der Waals surface area (Å²) in [6.07, 6.45) is 4.32. The van der Waals surface area contributed by atoms with Crippen molar-refractivity contribution in [3.05, 3.63) is 36.2 Å². The molecule has 0 unspecified atom stereocenters. The van der Waals surface area contributed by atoms with Gasteiger partial charge in [0.05, 0.1) is 14.2 Å². The number of nitrogens with zero attached hydrogens (tertiary/aromatic N) is 1. The second kappa shape index (κ2) is 6.68. The van der Waals surface area contributed by atoms with Crippen LogP contribution in [0.25, 0.3) is 0 Å². The van der Waals surface area contributed by atoms with Crippen LogP contribution in [0.1, 0.15) is 5.56 Å². The van der Waals surface area contributed by atoms with Crippen molar-refractivity contribution in [1.29, 1.82) is 0 Å². The average molecular weight is 236 g/mol. The maximum Gasteiger partial charge on any atom is 0.160 e. The van der Waals surface area contributed by atoms with Crippen LogP contribution in [0.3, 0.4) is 0 Å². The molecule has 0 bridgehead atoms. The van der Waals surface area contributed by atoms with Crippen molar-refractivity contribution in [2.45, 2.75) is 6.42 Å². The maximum atomic E-state index is 5.32. The largest absolute Gasteiger partial charge is 0.493 e. The predicted molar refractivity (Wildman–Crippen MR) is 69.2 cm³/mol. The molecule has 0 saturated heterocycles. The third kappa shape index (κ3) is 3.90. The molecule has 4 nitrogen and oxygen atoms in total. The Bertz CT molecular complexity index is 378. The Labute approximate surface area is 103 Å². The van der Waals surface area contributed by atoms with E-state index >= 15 is 0 Å². The van der Waals surface area contributed by atoms with E-state index in [1.165, 1.54) is 11.8 Å². The quantitative estimate of drug-likeness (QED) is 0.815. The summed E-state index contributed by atoms with van der Waals surface area (Å²) in [6, 6.07) is 5.97. The SMILES string of the molecule is COc1ccc(CCN(C)/C=C/N)cc1OC. The zero-order valence-corrected chi connectivity index (χ0v) is 10.6. The summed E-state index contributed by atoms with van der Waals surface area (Å²) < 4.78 is 10.5. The highest BCUT2D eigenvalue weighted by Gasteiger charge is 2.04. The number of likely N-dealkylation sites (N-methyl/N-ethyl adjacent to an activating group) is 1. The number of ether oxygens (including phenoxy) is 2. The van der Waals surface area contributed by atoms with Crippen LogP contribution in [0.15, 0.2) is 30.6 Å². The van der Waals surface area contributed by atoms with Crippen molar-refractivity contribution in [1.82, 2.24) is 4.90 Å². The van der Waals surface area contributed by atoms with Crippen LogP contribution in [-0.4, -0.2) is 32.7 Å². The smallest absolute Gasteiger partial charge is 0.160 e. The molecule has 0 aliphatic heterocycles. The third-order valence-corrected chi connectivity index (χ3v) is 2.54. The number of methoxy groups -OCH3 is 2. The monoisotopic (exact) mass is 236 g/mol. The minimum Gasteiger partial charge on any atom is -0.493 e. The van der Waals surface area contributed by atoms with E-state index in [4.69, 9.17) is 15.2 Å². The molecule has 0 aliphatic rings. The second-order valence-electron chi connectivity index (χ2n) is 3.76. The van der Waals surface area contributed by atoms with Crippen molar-refractivity contribution < 1.29 is 9.47 Å². The van der Waals surface area contributed by atoms with Crippen LogP contribution >= 0.6 is 0 Å². The molecule has 0 saturated carbocycles. The van der Waals surface area contributed by atoms with Gasteiger partial charge in [0.2, 0.25) is 0 Å². The Morgan fingerprint density at radius 3 is 2.53 bits per heavy atom. The topological polar surface area (TPSA) is 47.7 Å². The van der Waals surface area contributed by atoms with E-state index in [2.05, 4.69) is 0 Å². The minimum absolute atomic E-state index is 0.756. The molecular weight excluding hydrogens is 216 g/mol. The van der Waals surface area contributed by atoms with E-state index < -0.39 is 0 Å². The van der Waals surface area contributed by atoms with Gasteiger partial charge in [0.1, 0.15) is 0 Å². The van der Waals surface area contributed by atoms with Crippen LogP contribution in [0, 0.1) is 0 Å². The highest BCUT2D eigenvalue weighted by Crippen LogP contribution is 2.27. The molecule has 94 valence electrons. The van der Waals surface area contributed by atoms with Gasteiger partial charge in [-0.2, -0.15) is 0 Å². The Hall–Kier alpha value is -1.84. The third-order valence-electron chi connectivity index (χ3n) is 2.54. The van der Waals surface area contributed by atoms with Gasteiger partial charge >= 0.3 is 0 Å². The van der Waals surface area contributed by atoms with Gasteiger partial charge in [-0.25, -0.2) is 0 Å². The lowest BCUT2D eigenvalue weighted by Crippen LogP contribution is -2.14. The van der Waals surface area contributed by atoms with Crippen LogP contribution < -0.4 is 15.2 Å². The van der Waals surface area contributed by atoms with E-state index in [1.54, 1.807) is 14.2 Å². The van der Waals surface area contributed by atoms with Crippen molar-refractivity contribution in [2.75, 3.05) is 27.8 Å². The first kappa shape index (κ1) is 13.2. The molecule has 0 amide bonds. The summed E-state index contributed by atoms with van der Waals surface area (Å²) in [5.74, 6) is 1.52. The fourth-order valence-electron chi connectivity index (χ4n) is 1.56. The number of nitrogens with two attached hydrogens (primary N) is 1. The van der Waals surface area contributed by atoms with E-state index in [1.807, 2.05) is 36.3 Å². The molecule has 0 aromatic heterocycles. The molecule has 4 heteroatoms. The standard InChI is InChI=1S/C13H20N2O2/c1-15(9-7-14)8-6-11-4-5-12(16-2)13(10-11)17-3/h4-5,7,9-10H,6,8,14H2,1-3H3/b9-7+. The predicted octanol–water partition coefficient (Wildman–Crippen LogP) is 1.61. The van der Waals surface area contributed by atoms with Crippen molar-refractivity contribution in [3.63, 3.8) is 0 Å². The van der Waals surface area contributed by atoms with E-state index in [9.17, 15) is 0 Å². The average Bonchev–Trinajstić information content (AvgIpc) is 2.36. The molecular formula is C13H20N2O2. The first-order valence-corrected chi connectivity index (χ1v) is 5.50. The van der Waals surface area contributed by atoms with Gasteiger partial charge in [0.15, 0.2) is 11.5 Å². The molecule has 1 aromatic rings. The number of hydrogen-bond acceptors (Lipinski definition) is 4. The van der Waals surface area contributed by atoms with Gasteiger partial charge in [-0.15, -0.1) is 0 Å². The maximum absolute atomic E-state index is 5.32. The summed E-state index contributed by atoms with van der Waals surface area (Å²) in [4.78, 5) is 2.04. The number of rotatable bonds is 6. The van der Waals surface area contributed by atoms with Crippen molar-refractivity contribution in [3.8, 4) is 11.5 Å². The van der Waals surface area contributed by atoms with Crippen LogP contribution in [-0.2, 0) is 6.42 Å². The highest BCUT2D eigenvalue weighted by atomic mass is 16.5.